The molecule has 0 spiro atoms. The molecular formula is C25H25N3O5S. The molecule has 1 unspecified atom stereocenters. The highest BCUT2D eigenvalue weighted by molar-refractivity contribution is 7.05. The maximum atomic E-state index is 12.9. The van der Waals surface area contributed by atoms with Crippen LogP contribution in [0, 0.1) is 6.92 Å². The van der Waals surface area contributed by atoms with Crippen molar-refractivity contribution in [2.24, 2.45) is 0 Å². The molecule has 0 bridgehead atoms. The Hall–Kier alpha value is -3.72. The number of nitrogens with one attached hydrogen (secondary N) is 1. The lowest BCUT2D eigenvalue weighted by Crippen LogP contribution is -2.48. The first-order valence-electron chi connectivity index (χ1n) is 10.8. The topological polar surface area (TPSA) is 109 Å². The molecule has 176 valence electrons. The van der Waals surface area contributed by atoms with Crippen LogP contribution in [0.5, 0.6) is 0 Å². The molecule has 3 aromatic rings. The van der Waals surface area contributed by atoms with Crippen LogP contribution in [0.15, 0.2) is 54.6 Å². The summed E-state index contributed by atoms with van der Waals surface area (Å²) in [6.07, 6.45) is -1.38. The second kappa shape index (κ2) is 10.0. The lowest BCUT2D eigenvalue weighted by Gasteiger charge is -2.23. The van der Waals surface area contributed by atoms with Crippen molar-refractivity contribution in [2.45, 2.75) is 31.8 Å². The SMILES string of the molecule is Cc1cc(CN(C)C(=O)C(CC(=O)O)NC(=O)OCC2c3ccccc3-c3ccccc32)sn1. The Morgan fingerprint density at radius 1 is 1.12 bits per heavy atom. The van der Waals surface area contributed by atoms with Gasteiger partial charge in [-0.15, -0.1) is 0 Å². The van der Waals surface area contributed by atoms with E-state index < -0.39 is 30.4 Å². The van der Waals surface area contributed by atoms with Crippen molar-refractivity contribution in [3.63, 3.8) is 0 Å². The van der Waals surface area contributed by atoms with Crippen molar-refractivity contribution in [3.8, 4) is 11.1 Å². The monoisotopic (exact) mass is 479 g/mol. The largest absolute Gasteiger partial charge is 0.481 e. The van der Waals surface area contributed by atoms with Gasteiger partial charge in [-0.25, -0.2) is 4.79 Å². The molecule has 2 N–H and O–H groups in total. The second-order valence-corrected chi connectivity index (χ2v) is 9.14. The molecule has 2 amide bonds. The van der Waals surface area contributed by atoms with E-state index >= 15 is 0 Å². The highest BCUT2D eigenvalue weighted by Gasteiger charge is 2.31. The van der Waals surface area contributed by atoms with Gasteiger partial charge in [-0.2, -0.15) is 4.37 Å². The third-order valence-corrected chi connectivity index (χ3v) is 6.62. The van der Waals surface area contributed by atoms with Crippen LogP contribution < -0.4 is 5.32 Å². The number of carbonyl (C=O) groups excluding carboxylic acids is 2. The molecule has 1 aliphatic rings. The second-order valence-electron chi connectivity index (χ2n) is 8.25. The fraction of sp³-hybridized carbons (Fsp3) is 0.280. The minimum atomic E-state index is -1.24. The standard InChI is InChI=1S/C25H25N3O5S/c1-15-11-16(34-27-15)13-28(2)24(31)22(12-23(29)30)26-25(32)33-14-21-19-9-5-3-7-17(19)18-8-4-6-10-20(18)21/h3-11,21-22H,12-14H2,1-2H3,(H,26,32)(H,29,30). The molecule has 0 aliphatic heterocycles. The van der Waals surface area contributed by atoms with Crippen LogP contribution in [0.1, 0.15) is 34.0 Å². The number of nitrogens with zero attached hydrogens (tertiary/aromatic N) is 2. The Labute approximate surface area is 201 Å². The number of aromatic nitrogens is 1. The Morgan fingerprint density at radius 3 is 2.29 bits per heavy atom. The van der Waals surface area contributed by atoms with Gasteiger partial charge in [0.1, 0.15) is 12.6 Å². The van der Waals surface area contributed by atoms with E-state index in [0.29, 0.717) is 0 Å². The van der Waals surface area contributed by atoms with Gasteiger partial charge in [-0.05, 0) is 46.8 Å². The number of hydrogen-bond acceptors (Lipinski definition) is 6. The summed E-state index contributed by atoms with van der Waals surface area (Å²) in [6, 6.07) is 16.5. The van der Waals surface area contributed by atoms with Crippen molar-refractivity contribution in [1.82, 2.24) is 14.6 Å². The van der Waals surface area contributed by atoms with E-state index in [4.69, 9.17) is 4.74 Å². The predicted molar refractivity (Wildman–Crippen MR) is 128 cm³/mol. The molecule has 4 rings (SSSR count). The van der Waals surface area contributed by atoms with Gasteiger partial charge in [-0.3, -0.25) is 9.59 Å². The number of ether oxygens (including phenoxy) is 1. The highest BCUT2D eigenvalue weighted by atomic mass is 32.1. The molecule has 9 heteroatoms. The number of fused-ring (bicyclic) bond motifs is 3. The van der Waals surface area contributed by atoms with Gasteiger partial charge < -0.3 is 20.1 Å². The fourth-order valence-corrected chi connectivity index (χ4v) is 5.01. The summed E-state index contributed by atoms with van der Waals surface area (Å²) >= 11 is 1.27. The minimum absolute atomic E-state index is 0.0732. The molecule has 1 aromatic heterocycles. The van der Waals surface area contributed by atoms with Gasteiger partial charge in [0.05, 0.1) is 18.7 Å². The number of alkyl carbamates (subject to hydrolysis) is 1. The van der Waals surface area contributed by atoms with Crippen LogP contribution in [-0.4, -0.2) is 52.0 Å². The van der Waals surface area contributed by atoms with E-state index in [9.17, 15) is 19.5 Å². The van der Waals surface area contributed by atoms with E-state index in [1.807, 2.05) is 61.5 Å². The Kier molecular flexibility index (Phi) is 6.93. The van der Waals surface area contributed by atoms with E-state index in [-0.39, 0.29) is 19.1 Å². The first-order chi connectivity index (χ1) is 16.3. The normalized spacial score (nSPS) is 13.0. The van der Waals surface area contributed by atoms with Crippen molar-refractivity contribution in [1.29, 1.82) is 0 Å². The molecule has 1 aliphatic carbocycles. The summed E-state index contributed by atoms with van der Waals surface area (Å²) in [6.45, 7) is 2.20. The average molecular weight is 480 g/mol. The quantitative estimate of drug-likeness (QED) is 0.509. The number of hydrogen-bond donors (Lipinski definition) is 2. The van der Waals surface area contributed by atoms with E-state index in [0.717, 1.165) is 32.8 Å². The Morgan fingerprint density at radius 2 is 1.74 bits per heavy atom. The summed E-state index contributed by atoms with van der Waals surface area (Å²) in [4.78, 5) is 39.1. The maximum Gasteiger partial charge on any atom is 0.407 e. The summed E-state index contributed by atoms with van der Waals surface area (Å²) in [5.41, 5.74) is 5.18. The lowest BCUT2D eigenvalue weighted by atomic mass is 9.98. The smallest absolute Gasteiger partial charge is 0.407 e. The van der Waals surface area contributed by atoms with Crippen LogP contribution in [0.3, 0.4) is 0 Å². The summed E-state index contributed by atoms with van der Waals surface area (Å²) in [7, 11) is 1.56. The van der Waals surface area contributed by atoms with Gasteiger partial charge in [-0.1, -0.05) is 48.5 Å². The number of carboxylic acid groups (broad SMARTS) is 1. The zero-order valence-electron chi connectivity index (χ0n) is 18.9. The Bertz CT molecular complexity index is 1180. The van der Waals surface area contributed by atoms with Crippen molar-refractivity contribution in [3.05, 3.63) is 76.3 Å². The molecule has 1 atom stereocenters. The van der Waals surface area contributed by atoms with Gasteiger partial charge in [0.2, 0.25) is 5.91 Å². The van der Waals surface area contributed by atoms with Crippen LogP contribution >= 0.6 is 11.5 Å². The number of aryl methyl sites for hydroxylation is 1. The van der Waals surface area contributed by atoms with Crippen LogP contribution in [-0.2, 0) is 20.9 Å². The number of benzene rings is 2. The molecule has 0 saturated carbocycles. The fourth-order valence-electron chi connectivity index (χ4n) is 4.23. The average Bonchev–Trinajstić information content (AvgIpc) is 3.37. The molecule has 1 heterocycles. The maximum absolute atomic E-state index is 12.9. The predicted octanol–water partition coefficient (Wildman–Crippen LogP) is 3.79. The molecule has 0 radical (unpaired) electrons. The molecular weight excluding hydrogens is 454 g/mol. The van der Waals surface area contributed by atoms with Gasteiger partial charge in [0, 0.05) is 17.8 Å². The third kappa shape index (κ3) is 5.09. The molecule has 2 aromatic carbocycles. The summed E-state index contributed by atoms with van der Waals surface area (Å²) in [5, 5.41) is 11.7. The number of amides is 2. The van der Waals surface area contributed by atoms with Crippen molar-refractivity contribution < 1.29 is 24.2 Å². The van der Waals surface area contributed by atoms with E-state index in [2.05, 4.69) is 9.69 Å². The number of aliphatic carboxylic acids is 1. The summed E-state index contributed by atoms with van der Waals surface area (Å²) in [5.74, 6) is -1.84. The summed E-state index contributed by atoms with van der Waals surface area (Å²) < 4.78 is 9.67. The number of rotatable bonds is 8. The van der Waals surface area contributed by atoms with E-state index in [1.54, 1.807) is 7.05 Å². The van der Waals surface area contributed by atoms with Gasteiger partial charge in [0.15, 0.2) is 0 Å². The van der Waals surface area contributed by atoms with Crippen LogP contribution in [0.25, 0.3) is 11.1 Å². The first kappa shape index (κ1) is 23.4. The van der Waals surface area contributed by atoms with E-state index in [1.165, 1.54) is 16.4 Å². The molecule has 34 heavy (non-hydrogen) atoms. The van der Waals surface area contributed by atoms with Gasteiger partial charge in [0.25, 0.3) is 0 Å². The number of likely N-dealkylation sites (N-methyl/N-ethyl adjacent to an activating group) is 1. The zero-order valence-corrected chi connectivity index (χ0v) is 19.7. The minimum Gasteiger partial charge on any atom is -0.481 e. The van der Waals surface area contributed by atoms with Gasteiger partial charge >= 0.3 is 12.1 Å². The number of carbonyl (C=O) groups is 3. The molecule has 8 nitrogen and oxygen atoms in total. The third-order valence-electron chi connectivity index (χ3n) is 5.76. The first-order valence-corrected chi connectivity index (χ1v) is 11.6. The van der Waals surface area contributed by atoms with Crippen LogP contribution in [0.4, 0.5) is 4.79 Å². The van der Waals surface area contributed by atoms with Crippen LogP contribution in [0.2, 0.25) is 0 Å². The lowest BCUT2D eigenvalue weighted by molar-refractivity contribution is -0.142. The molecule has 0 saturated heterocycles. The highest BCUT2D eigenvalue weighted by Crippen LogP contribution is 2.44. The number of carboxylic acids is 1. The zero-order chi connectivity index (χ0) is 24.2. The Balaban J connectivity index is 1.41. The van der Waals surface area contributed by atoms with Crippen molar-refractivity contribution in [2.75, 3.05) is 13.7 Å². The van der Waals surface area contributed by atoms with Crippen molar-refractivity contribution >= 4 is 29.5 Å². The molecule has 0 fully saturated rings.